The van der Waals surface area contributed by atoms with Gasteiger partial charge in [0.25, 0.3) is 0 Å². The van der Waals surface area contributed by atoms with E-state index in [9.17, 15) is 4.79 Å². The van der Waals surface area contributed by atoms with E-state index in [1.54, 1.807) is 0 Å². The minimum atomic E-state index is -0.194. The first-order valence-electron chi connectivity index (χ1n) is 3.85. The molecule has 2 fully saturated rings. The minimum Gasteiger partial charge on any atom is -0.338 e. The van der Waals surface area contributed by atoms with Crippen LogP contribution in [0.5, 0.6) is 0 Å². The SMILES string of the molecule is N[C@H]1CCN(C2CC2)C1=O. The maximum absolute atomic E-state index is 11.2. The number of carbonyl (C=O) groups is 1. The van der Waals surface area contributed by atoms with E-state index in [1.807, 2.05) is 4.90 Å². The molecule has 3 nitrogen and oxygen atoms in total. The summed E-state index contributed by atoms with van der Waals surface area (Å²) < 4.78 is 0. The van der Waals surface area contributed by atoms with Crippen molar-refractivity contribution >= 4 is 5.91 Å². The van der Waals surface area contributed by atoms with E-state index >= 15 is 0 Å². The zero-order valence-electron chi connectivity index (χ0n) is 5.92. The molecule has 1 aliphatic heterocycles. The minimum absolute atomic E-state index is 0.169. The second-order valence-corrected chi connectivity index (χ2v) is 3.16. The van der Waals surface area contributed by atoms with Gasteiger partial charge in [-0.15, -0.1) is 0 Å². The van der Waals surface area contributed by atoms with Gasteiger partial charge in [-0.1, -0.05) is 0 Å². The maximum atomic E-state index is 11.2. The van der Waals surface area contributed by atoms with Crippen LogP contribution in [-0.4, -0.2) is 29.4 Å². The Labute approximate surface area is 60.2 Å². The fourth-order valence-corrected chi connectivity index (χ4v) is 1.47. The van der Waals surface area contributed by atoms with Crippen LogP contribution >= 0.6 is 0 Å². The molecular weight excluding hydrogens is 128 g/mol. The lowest BCUT2D eigenvalue weighted by atomic mass is 10.3. The summed E-state index contributed by atoms with van der Waals surface area (Å²) >= 11 is 0. The zero-order chi connectivity index (χ0) is 7.14. The van der Waals surface area contributed by atoms with Gasteiger partial charge in [0.15, 0.2) is 0 Å². The number of rotatable bonds is 1. The standard InChI is InChI=1S/C7H12N2O/c8-6-3-4-9(7(6)10)5-1-2-5/h5-6H,1-4,8H2/t6-/m0/s1. The molecule has 3 heteroatoms. The molecule has 2 N–H and O–H groups in total. The highest BCUT2D eigenvalue weighted by atomic mass is 16.2. The van der Waals surface area contributed by atoms with Crippen molar-refractivity contribution in [2.24, 2.45) is 5.73 Å². The van der Waals surface area contributed by atoms with Gasteiger partial charge >= 0.3 is 0 Å². The molecule has 0 radical (unpaired) electrons. The summed E-state index contributed by atoms with van der Waals surface area (Å²) in [5.41, 5.74) is 5.54. The lowest BCUT2D eigenvalue weighted by Gasteiger charge is -2.13. The Morgan fingerprint density at radius 1 is 1.40 bits per heavy atom. The largest absolute Gasteiger partial charge is 0.338 e. The Morgan fingerprint density at radius 3 is 2.50 bits per heavy atom. The van der Waals surface area contributed by atoms with E-state index in [-0.39, 0.29) is 11.9 Å². The first kappa shape index (κ1) is 6.16. The summed E-state index contributed by atoms with van der Waals surface area (Å²) in [4.78, 5) is 13.1. The van der Waals surface area contributed by atoms with Crippen molar-refractivity contribution < 1.29 is 4.79 Å². The van der Waals surface area contributed by atoms with Crippen LogP contribution in [0, 0.1) is 0 Å². The van der Waals surface area contributed by atoms with Crippen LogP contribution in [0.4, 0.5) is 0 Å². The summed E-state index contributed by atoms with van der Waals surface area (Å²) in [6.45, 7) is 0.894. The lowest BCUT2D eigenvalue weighted by Crippen LogP contribution is -2.35. The number of hydrogen-bond acceptors (Lipinski definition) is 2. The Balaban J connectivity index is 2.03. The smallest absolute Gasteiger partial charge is 0.239 e. The number of nitrogens with zero attached hydrogens (tertiary/aromatic N) is 1. The summed E-state index contributed by atoms with van der Waals surface area (Å²) in [5, 5.41) is 0. The average Bonchev–Trinajstić information content (AvgIpc) is 2.67. The molecular formula is C7H12N2O. The van der Waals surface area contributed by atoms with Crippen molar-refractivity contribution in [1.82, 2.24) is 4.90 Å². The average molecular weight is 140 g/mol. The van der Waals surface area contributed by atoms with Crippen molar-refractivity contribution in [2.75, 3.05) is 6.54 Å². The van der Waals surface area contributed by atoms with Gasteiger partial charge < -0.3 is 10.6 Å². The molecule has 0 aromatic heterocycles. The predicted octanol–water partition coefficient (Wildman–Crippen LogP) is -0.292. The fraction of sp³-hybridized carbons (Fsp3) is 0.857. The van der Waals surface area contributed by atoms with E-state index in [0.29, 0.717) is 6.04 Å². The van der Waals surface area contributed by atoms with Crippen LogP contribution in [0.3, 0.4) is 0 Å². The fourth-order valence-electron chi connectivity index (χ4n) is 1.47. The van der Waals surface area contributed by atoms with Gasteiger partial charge in [-0.25, -0.2) is 0 Å². The number of amides is 1. The highest BCUT2D eigenvalue weighted by Gasteiger charge is 2.38. The molecule has 1 saturated heterocycles. The molecule has 0 aromatic carbocycles. The van der Waals surface area contributed by atoms with E-state index in [2.05, 4.69) is 0 Å². The van der Waals surface area contributed by atoms with Crippen molar-refractivity contribution in [3.8, 4) is 0 Å². The summed E-state index contributed by atoms with van der Waals surface area (Å²) in [6, 6.07) is 0.363. The van der Waals surface area contributed by atoms with Crippen LogP contribution in [0.15, 0.2) is 0 Å². The quantitative estimate of drug-likeness (QED) is 0.544. The Hall–Kier alpha value is -0.570. The second-order valence-electron chi connectivity index (χ2n) is 3.16. The van der Waals surface area contributed by atoms with E-state index < -0.39 is 0 Å². The third-order valence-electron chi connectivity index (χ3n) is 2.27. The molecule has 0 spiro atoms. The van der Waals surface area contributed by atoms with Gasteiger partial charge in [-0.3, -0.25) is 4.79 Å². The third-order valence-corrected chi connectivity index (χ3v) is 2.27. The van der Waals surface area contributed by atoms with Crippen LogP contribution in [0.1, 0.15) is 19.3 Å². The van der Waals surface area contributed by atoms with E-state index in [1.165, 1.54) is 12.8 Å². The number of carbonyl (C=O) groups excluding carboxylic acids is 1. The molecule has 1 aliphatic carbocycles. The van der Waals surface area contributed by atoms with Crippen molar-refractivity contribution in [3.63, 3.8) is 0 Å². The molecule has 2 aliphatic rings. The molecule has 10 heavy (non-hydrogen) atoms. The van der Waals surface area contributed by atoms with E-state index in [0.717, 1.165) is 13.0 Å². The highest BCUT2D eigenvalue weighted by Crippen LogP contribution is 2.29. The molecule has 0 bridgehead atoms. The van der Waals surface area contributed by atoms with Crippen molar-refractivity contribution in [3.05, 3.63) is 0 Å². The van der Waals surface area contributed by atoms with Gasteiger partial charge in [-0.2, -0.15) is 0 Å². The molecule has 56 valence electrons. The predicted molar refractivity (Wildman–Crippen MR) is 37.3 cm³/mol. The topological polar surface area (TPSA) is 46.3 Å². The second kappa shape index (κ2) is 1.95. The van der Waals surface area contributed by atoms with Crippen molar-refractivity contribution in [2.45, 2.75) is 31.3 Å². The van der Waals surface area contributed by atoms with Gasteiger partial charge in [0, 0.05) is 12.6 Å². The number of nitrogens with two attached hydrogens (primary N) is 1. The molecule has 0 aromatic rings. The van der Waals surface area contributed by atoms with Crippen LogP contribution < -0.4 is 5.73 Å². The normalized spacial score (nSPS) is 33.5. The first-order chi connectivity index (χ1) is 4.79. The monoisotopic (exact) mass is 140 g/mol. The zero-order valence-corrected chi connectivity index (χ0v) is 5.92. The Morgan fingerprint density at radius 2 is 2.10 bits per heavy atom. The van der Waals surface area contributed by atoms with Crippen LogP contribution in [-0.2, 0) is 4.79 Å². The molecule has 2 rings (SSSR count). The Bertz CT molecular complexity index is 165. The van der Waals surface area contributed by atoms with Crippen LogP contribution in [0.25, 0.3) is 0 Å². The van der Waals surface area contributed by atoms with E-state index in [4.69, 9.17) is 5.73 Å². The van der Waals surface area contributed by atoms with Gasteiger partial charge in [0.1, 0.15) is 0 Å². The number of hydrogen-bond donors (Lipinski definition) is 1. The summed E-state index contributed by atoms with van der Waals surface area (Å²) in [7, 11) is 0. The molecule has 1 amide bonds. The van der Waals surface area contributed by atoms with Gasteiger partial charge in [0.2, 0.25) is 5.91 Å². The van der Waals surface area contributed by atoms with Crippen LogP contribution in [0.2, 0.25) is 0 Å². The Kier molecular flexibility index (Phi) is 1.20. The summed E-state index contributed by atoms with van der Waals surface area (Å²) in [5.74, 6) is 0.169. The third kappa shape index (κ3) is 0.814. The molecule has 1 atom stereocenters. The molecule has 1 heterocycles. The van der Waals surface area contributed by atoms with Gasteiger partial charge in [-0.05, 0) is 19.3 Å². The first-order valence-corrected chi connectivity index (χ1v) is 3.85. The summed E-state index contributed by atoms with van der Waals surface area (Å²) in [6.07, 6.45) is 3.24. The van der Waals surface area contributed by atoms with Crippen molar-refractivity contribution in [1.29, 1.82) is 0 Å². The molecule has 1 saturated carbocycles. The highest BCUT2D eigenvalue weighted by molar-refractivity contribution is 5.84. The number of likely N-dealkylation sites (tertiary alicyclic amines) is 1. The van der Waals surface area contributed by atoms with Gasteiger partial charge in [0.05, 0.1) is 6.04 Å². The lowest BCUT2D eigenvalue weighted by molar-refractivity contribution is -0.129. The maximum Gasteiger partial charge on any atom is 0.239 e. The molecule has 0 unspecified atom stereocenters.